The number of carbonyl (C=O) groups excluding carboxylic acids is 1. The van der Waals surface area contributed by atoms with Crippen molar-refractivity contribution in [3.8, 4) is 11.3 Å². The monoisotopic (exact) mass is 334 g/mol. The van der Waals surface area contributed by atoms with Crippen molar-refractivity contribution in [2.75, 3.05) is 5.32 Å². The molecular weight excluding hydrogens is 323 g/mol. The number of nitrogens with zero attached hydrogens (tertiary/aromatic N) is 1. The van der Waals surface area contributed by atoms with Gasteiger partial charge in [0.2, 0.25) is 5.91 Å². The van der Waals surface area contributed by atoms with Crippen LogP contribution in [0, 0.1) is 5.82 Å². The molecule has 0 radical (unpaired) electrons. The molecule has 5 nitrogen and oxygen atoms in total. The summed E-state index contributed by atoms with van der Waals surface area (Å²) in [5.74, 6) is -2.37. The number of halogens is 2. The Labute approximate surface area is 136 Å². The van der Waals surface area contributed by atoms with Crippen LogP contribution in [0.3, 0.4) is 0 Å². The van der Waals surface area contributed by atoms with Gasteiger partial charge in [-0.05, 0) is 24.3 Å². The van der Waals surface area contributed by atoms with E-state index in [1.54, 1.807) is 0 Å². The van der Waals surface area contributed by atoms with Crippen molar-refractivity contribution in [2.24, 2.45) is 0 Å². The van der Waals surface area contributed by atoms with Gasteiger partial charge in [-0.15, -0.1) is 0 Å². The van der Waals surface area contributed by atoms with Gasteiger partial charge in [0.15, 0.2) is 5.69 Å². The molecule has 0 bridgehead atoms. The Balaban J connectivity index is 2.73. The highest BCUT2D eigenvalue weighted by atomic mass is 35.5. The zero-order valence-electron chi connectivity index (χ0n) is 12.1. The summed E-state index contributed by atoms with van der Waals surface area (Å²) in [7, 11) is 0. The molecule has 0 saturated heterocycles. The predicted octanol–water partition coefficient (Wildman–Crippen LogP) is 3.84. The van der Waals surface area contributed by atoms with E-state index in [-0.39, 0.29) is 33.2 Å². The Morgan fingerprint density at radius 1 is 1.39 bits per heavy atom. The van der Waals surface area contributed by atoms with Crippen molar-refractivity contribution in [1.82, 2.24) is 4.98 Å². The van der Waals surface area contributed by atoms with Gasteiger partial charge < -0.3 is 10.4 Å². The molecule has 1 aromatic carbocycles. The maximum absolute atomic E-state index is 14.1. The Morgan fingerprint density at radius 2 is 2.09 bits per heavy atom. The Hall–Kier alpha value is -2.73. The van der Waals surface area contributed by atoms with Crippen LogP contribution in [0.5, 0.6) is 0 Å². The van der Waals surface area contributed by atoms with Gasteiger partial charge in [-0.3, -0.25) is 4.79 Å². The fraction of sp³-hybridized carbons (Fsp3) is 0.0625. The standard InChI is InChI=1S/C16H12ClFN2O3/c1-3-10-13(19-8(2)21)7-14(20-15(10)16(22)23)11-5-4-9(17)6-12(11)18/h3-7H,1H2,2H3,(H,22,23)(H,19,20,21). The van der Waals surface area contributed by atoms with E-state index < -0.39 is 17.7 Å². The summed E-state index contributed by atoms with van der Waals surface area (Å²) in [5.41, 5.74) is 0.121. The third kappa shape index (κ3) is 3.54. The molecule has 2 rings (SSSR count). The second-order valence-corrected chi connectivity index (χ2v) is 5.07. The third-order valence-electron chi connectivity index (χ3n) is 2.98. The van der Waals surface area contributed by atoms with E-state index in [0.29, 0.717) is 0 Å². The number of carboxylic acid groups (broad SMARTS) is 1. The predicted molar refractivity (Wildman–Crippen MR) is 86.0 cm³/mol. The van der Waals surface area contributed by atoms with E-state index in [4.69, 9.17) is 11.6 Å². The number of carbonyl (C=O) groups is 2. The van der Waals surface area contributed by atoms with Crippen LogP contribution in [0.2, 0.25) is 5.02 Å². The number of carboxylic acids is 1. The van der Waals surface area contributed by atoms with Gasteiger partial charge in [0.25, 0.3) is 0 Å². The molecule has 7 heteroatoms. The minimum absolute atomic E-state index is 0.0610. The Kier molecular flexibility index (Phi) is 4.76. The molecule has 2 N–H and O–H groups in total. The van der Waals surface area contributed by atoms with Crippen LogP contribution < -0.4 is 5.32 Å². The lowest BCUT2D eigenvalue weighted by molar-refractivity contribution is -0.114. The smallest absolute Gasteiger partial charge is 0.355 e. The summed E-state index contributed by atoms with van der Waals surface area (Å²) >= 11 is 5.71. The first-order valence-electron chi connectivity index (χ1n) is 6.47. The molecule has 0 fully saturated rings. The van der Waals surface area contributed by atoms with Crippen LogP contribution in [0.1, 0.15) is 23.0 Å². The van der Waals surface area contributed by atoms with E-state index in [2.05, 4.69) is 16.9 Å². The first kappa shape index (κ1) is 16.6. The van der Waals surface area contributed by atoms with Gasteiger partial charge in [0.05, 0.1) is 11.4 Å². The summed E-state index contributed by atoms with van der Waals surface area (Å²) in [6.45, 7) is 4.80. The molecule has 1 heterocycles. The highest BCUT2D eigenvalue weighted by Crippen LogP contribution is 2.30. The molecule has 0 unspecified atom stereocenters. The molecule has 118 valence electrons. The Morgan fingerprint density at radius 3 is 2.61 bits per heavy atom. The number of rotatable bonds is 4. The minimum atomic E-state index is -1.32. The van der Waals surface area contributed by atoms with E-state index in [0.717, 1.165) is 6.07 Å². The summed E-state index contributed by atoms with van der Waals surface area (Å²) in [5, 5.41) is 12.0. The third-order valence-corrected chi connectivity index (χ3v) is 3.22. The second-order valence-electron chi connectivity index (χ2n) is 4.63. The van der Waals surface area contributed by atoms with Gasteiger partial charge in [-0.25, -0.2) is 14.2 Å². The molecule has 0 spiro atoms. The molecule has 0 atom stereocenters. The van der Waals surface area contributed by atoms with Gasteiger partial charge in [-0.2, -0.15) is 0 Å². The van der Waals surface area contributed by atoms with Crippen molar-refractivity contribution in [3.63, 3.8) is 0 Å². The molecule has 0 aliphatic carbocycles. The van der Waals surface area contributed by atoms with Crippen LogP contribution in [0.4, 0.5) is 10.1 Å². The number of pyridine rings is 1. The van der Waals surface area contributed by atoms with Gasteiger partial charge >= 0.3 is 5.97 Å². The normalized spacial score (nSPS) is 10.2. The summed E-state index contributed by atoms with van der Waals surface area (Å²) in [4.78, 5) is 26.7. The highest BCUT2D eigenvalue weighted by Gasteiger charge is 2.19. The van der Waals surface area contributed by atoms with Crippen molar-refractivity contribution >= 4 is 35.2 Å². The molecule has 1 aromatic heterocycles. The van der Waals surface area contributed by atoms with Crippen LogP contribution in [0.15, 0.2) is 30.8 Å². The van der Waals surface area contributed by atoms with Gasteiger partial charge in [-0.1, -0.05) is 24.3 Å². The number of hydrogen-bond acceptors (Lipinski definition) is 3. The zero-order valence-corrected chi connectivity index (χ0v) is 12.8. The largest absolute Gasteiger partial charge is 0.476 e. The number of anilines is 1. The Bertz CT molecular complexity index is 821. The maximum Gasteiger partial charge on any atom is 0.355 e. The summed E-state index contributed by atoms with van der Waals surface area (Å²) in [6, 6.07) is 5.33. The first-order valence-corrected chi connectivity index (χ1v) is 6.85. The van der Waals surface area contributed by atoms with Crippen molar-refractivity contribution in [1.29, 1.82) is 0 Å². The topological polar surface area (TPSA) is 79.3 Å². The summed E-state index contributed by atoms with van der Waals surface area (Å²) in [6.07, 6.45) is 1.27. The second kappa shape index (κ2) is 6.58. The van der Waals surface area contributed by atoms with Crippen molar-refractivity contribution in [2.45, 2.75) is 6.92 Å². The van der Waals surface area contributed by atoms with Crippen molar-refractivity contribution < 1.29 is 19.1 Å². The highest BCUT2D eigenvalue weighted by molar-refractivity contribution is 6.30. The fourth-order valence-corrected chi connectivity index (χ4v) is 2.21. The molecule has 0 aliphatic rings. The lowest BCUT2D eigenvalue weighted by Gasteiger charge is -2.12. The van der Waals surface area contributed by atoms with Crippen LogP contribution in [-0.4, -0.2) is 22.0 Å². The average molecular weight is 335 g/mol. The molecule has 0 aliphatic heterocycles. The lowest BCUT2D eigenvalue weighted by atomic mass is 10.1. The molecule has 1 amide bonds. The minimum Gasteiger partial charge on any atom is -0.476 e. The van der Waals surface area contributed by atoms with E-state index >= 15 is 0 Å². The van der Waals surface area contributed by atoms with Crippen molar-refractivity contribution in [3.05, 3.63) is 52.9 Å². The molecular formula is C16H12ClFN2O3. The zero-order chi connectivity index (χ0) is 17.1. The molecule has 23 heavy (non-hydrogen) atoms. The van der Waals surface area contributed by atoms with Gasteiger partial charge in [0.1, 0.15) is 5.82 Å². The average Bonchev–Trinajstić information content (AvgIpc) is 2.45. The number of hydrogen-bond donors (Lipinski definition) is 2. The summed E-state index contributed by atoms with van der Waals surface area (Å²) < 4.78 is 14.1. The molecule has 0 saturated carbocycles. The number of amides is 1. The first-order chi connectivity index (χ1) is 10.8. The van der Waals surface area contributed by atoms with E-state index in [1.165, 1.54) is 31.2 Å². The number of benzene rings is 1. The van der Waals surface area contributed by atoms with Crippen LogP contribution in [0.25, 0.3) is 17.3 Å². The van der Waals surface area contributed by atoms with Crippen LogP contribution in [-0.2, 0) is 4.79 Å². The number of aromatic nitrogens is 1. The van der Waals surface area contributed by atoms with Gasteiger partial charge in [0, 0.05) is 23.1 Å². The van der Waals surface area contributed by atoms with E-state index in [9.17, 15) is 19.1 Å². The van der Waals surface area contributed by atoms with E-state index in [1.807, 2.05) is 0 Å². The SMILES string of the molecule is C=Cc1c(NC(C)=O)cc(-c2ccc(Cl)cc2F)nc1C(=O)O. The number of nitrogens with one attached hydrogen (secondary N) is 1. The number of aromatic carboxylic acids is 1. The quantitative estimate of drug-likeness (QED) is 0.890. The molecule has 2 aromatic rings. The fourth-order valence-electron chi connectivity index (χ4n) is 2.05. The van der Waals surface area contributed by atoms with Crippen LogP contribution >= 0.6 is 11.6 Å². The lowest BCUT2D eigenvalue weighted by Crippen LogP contribution is -2.12. The maximum atomic E-state index is 14.1.